The summed E-state index contributed by atoms with van der Waals surface area (Å²) in [5.41, 5.74) is 0.690. The lowest BCUT2D eigenvalue weighted by atomic mass is 10.1. The van der Waals surface area contributed by atoms with E-state index in [0.717, 1.165) is 0 Å². The molecule has 0 unspecified atom stereocenters. The molecule has 1 N–H and O–H groups in total. The second-order valence-corrected chi connectivity index (χ2v) is 9.05. The van der Waals surface area contributed by atoms with Gasteiger partial charge in [0.25, 0.3) is 0 Å². The van der Waals surface area contributed by atoms with Crippen LogP contribution < -0.4 is 14.8 Å². The van der Waals surface area contributed by atoms with Gasteiger partial charge in [0.1, 0.15) is 5.75 Å². The number of sulfonamides is 1. The smallest absolute Gasteiger partial charge is 0.243 e. The minimum atomic E-state index is -3.71. The van der Waals surface area contributed by atoms with Crippen molar-refractivity contribution < 1.29 is 27.1 Å². The van der Waals surface area contributed by atoms with E-state index in [2.05, 4.69) is 5.32 Å². The largest absolute Gasteiger partial charge is 0.494 e. The SMILES string of the molecule is CCN(CC)S(=O)(=O)c1ccc(OC(C)C)c(NC(=O)Cc2ccc(OC)c(F)c2)c1. The summed E-state index contributed by atoms with van der Waals surface area (Å²) in [7, 11) is -2.35. The Hall–Kier alpha value is -2.65. The number of halogens is 1. The Morgan fingerprint density at radius 2 is 1.74 bits per heavy atom. The van der Waals surface area contributed by atoms with Crippen molar-refractivity contribution in [2.24, 2.45) is 0 Å². The lowest BCUT2D eigenvalue weighted by Gasteiger charge is -2.20. The van der Waals surface area contributed by atoms with E-state index in [1.807, 2.05) is 13.8 Å². The number of ether oxygens (including phenoxy) is 2. The Labute approximate surface area is 183 Å². The summed E-state index contributed by atoms with van der Waals surface area (Å²) in [4.78, 5) is 12.7. The molecule has 9 heteroatoms. The third-order valence-electron chi connectivity index (χ3n) is 4.51. The molecule has 0 heterocycles. The number of amides is 1. The molecule has 170 valence electrons. The molecule has 2 rings (SSSR count). The van der Waals surface area contributed by atoms with Crippen molar-refractivity contribution in [2.75, 3.05) is 25.5 Å². The molecule has 0 aliphatic carbocycles. The average molecular weight is 453 g/mol. The third-order valence-corrected chi connectivity index (χ3v) is 6.56. The van der Waals surface area contributed by atoms with Crippen molar-refractivity contribution in [1.29, 1.82) is 0 Å². The minimum absolute atomic E-state index is 0.0538. The van der Waals surface area contributed by atoms with Gasteiger partial charge in [0.05, 0.1) is 30.2 Å². The van der Waals surface area contributed by atoms with Crippen molar-refractivity contribution in [2.45, 2.75) is 45.1 Å². The maximum atomic E-state index is 13.9. The van der Waals surface area contributed by atoms with Crippen LogP contribution in [0.15, 0.2) is 41.3 Å². The predicted molar refractivity (Wildman–Crippen MR) is 118 cm³/mol. The topological polar surface area (TPSA) is 84.9 Å². The van der Waals surface area contributed by atoms with Crippen molar-refractivity contribution in [3.8, 4) is 11.5 Å². The molecule has 0 aromatic heterocycles. The molecule has 0 atom stereocenters. The summed E-state index contributed by atoms with van der Waals surface area (Å²) in [6, 6.07) is 8.64. The summed E-state index contributed by atoms with van der Waals surface area (Å²) in [6.07, 6.45) is -0.286. The van der Waals surface area contributed by atoms with Gasteiger partial charge < -0.3 is 14.8 Å². The first kappa shape index (κ1) is 24.6. The zero-order valence-corrected chi connectivity index (χ0v) is 19.3. The van der Waals surface area contributed by atoms with Gasteiger partial charge in [0.15, 0.2) is 11.6 Å². The highest BCUT2D eigenvalue weighted by atomic mass is 32.2. The van der Waals surface area contributed by atoms with Crippen LogP contribution in [0.2, 0.25) is 0 Å². The Morgan fingerprint density at radius 1 is 1.10 bits per heavy atom. The number of methoxy groups -OCH3 is 1. The van der Waals surface area contributed by atoms with Gasteiger partial charge in [0, 0.05) is 13.1 Å². The van der Waals surface area contributed by atoms with Gasteiger partial charge in [-0.25, -0.2) is 12.8 Å². The molecule has 2 aromatic carbocycles. The van der Waals surface area contributed by atoms with Crippen LogP contribution in [0.1, 0.15) is 33.3 Å². The van der Waals surface area contributed by atoms with E-state index in [4.69, 9.17) is 9.47 Å². The molecule has 0 saturated heterocycles. The maximum absolute atomic E-state index is 13.9. The molecule has 0 radical (unpaired) electrons. The van der Waals surface area contributed by atoms with E-state index in [9.17, 15) is 17.6 Å². The second-order valence-electron chi connectivity index (χ2n) is 7.11. The minimum Gasteiger partial charge on any atom is -0.494 e. The van der Waals surface area contributed by atoms with Gasteiger partial charge in [0.2, 0.25) is 15.9 Å². The van der Waals surface area contributed by atoms with Crippen LogP contribution in [0.25, 0.3) is 0 Å². The van der Waals surface area contributed by atoms with Crippen LogP contribution in [0.5, 0.6) is 11.5 Å². The monoisotopic (exact) mass is 452 g/mol. The van der Waals surface area contributed by atoms with Crippen molar-refractivity contribution in [3.63, 3.8) is 0 Å². The molecule has 0 bridgehead atoms. The third kappa shape index (κ3) is 6.18. The highest BCUT2D eigenvalue weighted by molar-refractivity contribution is 7.89. The number of anilines is 1. The lowest BCUT2D eigenvalue weighted by Crippen LogP contribution is -2.30. The normalized spacial score (nSPS) is 11.6. The Morgan fingerprint density at radius 3 is 2.29 bits per heavy atom. The number of carbonyl (C=O) groups is 1. The van der Waals surface area contributed by atoms with Gasteiger partial charge in [-0.2, -0.15) is 4.31 Å². The van der Waals surface area contributed by atoms with E-state index < -0.39 is 21.7 Å². The van der Waals surface area contributed by atoms with Crippen LogP contribution in [0.3, 0.4) is 0 Å². The molecule has 0 fully saturated rings. The van der Waals surface area contributed by atoms with Crippen LogP contribution in [-0.4, -0.2) is 44.9 Å². The summed E-state index contributed by atoms with van der Waals surface area (Å²) >= 11 is 0. The van der Waals surface area contributed by atoms with E-state index in [0.29, 0.717) is 24.4 Å². The first-order valence-corrected chi connectivity index (χ1v) is 11.5. The molecular weight excluding hydrogens is 423 g/mol. The standard InChI is InChI=1S/C22H29FN2O5S/c1-6-25(7-2)31(27,28)17-9-11-21(30-15(3)4)19(14-17)24-22(26)13-16-8-10-20(29-5)18(23)12-16/h8-12,14-15H,6-7,13H2,1-5H3,(H,24,26). The molecule has 0 aliphatic rings. The Bertz CT molecular complexity index is 1020. The zero-order valence-electron chi connectivity index (χ0n) is 18.4. The first-order chi connectivity index (χ1) is 14.6. The molecule has 31 heavy (non-hydrogen) atoms. The maximum Gasteiger partial charge on any atom is 0.243 e. The summed E-state index contributed by atoms with van der Waals surface area (Å²) in [5, 5.41) is 2.70. The van der Waals surface area contributed by atoms with Gasteiger partial charge >= 0.3 is 0 Å². The van der Waals surface area contributed by atoms with E-state index in [1.165, 1.54) is 41.7 Å². The highest BCUT2D eigenvalue weighted by Gasteiger charge is 2.23. The molecule has 2 aromatic rings. The highest BCUT2D eigenvalue weighted by Crippen LogP contribution is 2.30. The predicted octanol–water partition coefficient (Wildman–Crippen LogP) is 3.83. The Kier molecular flexibility index (Phi) is 8.41. The fourth-order valence-corrected chi connectivity index (χ4v) is 4.52. The van der Waals surface area contributed by atoms with Gasteiger partial charge in [-0.1, -0.05) is 19.9 Å². The first-order valence-electron chi connectivity index (χ1n) is 10.0. The Balaban J connectivity index is 2.33. The molecule has 7 nitrogen and oxygen atoms in total. The van der Waals surface area contributed by atoms with Crippen LogP contribution >= 0.6 is 0 Å². The van der Waals surface area contributed by atoms with Crippen molar-refractivity contribution >= 4 is 21.6 Å². The molecule has 0 spiro atoms. The fraction of sp³-hybridized carbons (Fsp3) is 0.409. The fourth-order valence-electron chi connectivity index (χ4n) is 3.04. The number of nitrogens with zero attached hydrogens (tertiary/aromatic N) is 1. The summed E-state index contributed by atoms with van der Waals surface area (Å²) in [5.74, 6) is -0.562. The average Bonchev–Trinajstić information content (AvgIpc) is 2.69. The van der Waals surface area contributed by atoms with Crippen LogP contribution in [0, 0.1) is 5.82 Å². The summed E-state index contributed by atoms with van der Waals surface area (Å²) in [6.45, 7) is 7.82. The van der Waals surface area contributed by atoms with E-state index >= 15 is 0 Å². The van der Waals surface area contributed by atoms with Crippen LogP contribution in [0.4, 0.5) is 10.1 Å². The van der Waals surface area contributed by atoms with Crippen molar-refractivity contribution in [1.82, 2.24) is 4.31 Å². The quantitative estimate of drug-likeness (QED) is 0.592. The van der Waals surface area contributed by atoms with Gasteiger partial charge in [-0.05, 0) is 49.7 Å². The van der Waals surface area contributed by atoms with Crippen molar-refractivity contribution in [3.05, 3.63) is 47.8 Å². The second kappa shape index (κ2) is 10.6. The van der Waals surface area contributed by atoms with Gasteiger partial charge in [-0.3, -0.25) is 4.79 Å². The number of carbonyl (C=O) groups excluding carboxylic acids is 1. The zero-order chi connectivity index (χ0) is 23.2. The van der Waals surface area contributed by atoms with Crippen LogP contribution in [-0.2, 0) is 21.2 Å². The molecule has 0 saturated carbocycles. The van der Waals surface area contributed by atoms with E-state index in [1.54, 1.807) is 19.9 Å². The molecular formula is C22H29FN2O5S. The number of benzene rings is 2. The molecule has 0 aliphatic heterocycles. The number of nitrogens with one attached hydrogen (secondary N) is 1. The summed E-state index contributed by atoms with van der Waals surface area (Å²) < 4.78 is 51.6. The van der Waals surface area contributed by atoms with Gasteiger partial charge in [-0.15, -0.1) is 0 Å². The lowest BCUT2D eigenvalue weighted by molar-refractivity contribution is -0.115. The molecule has 1 amide bonds. The van der Waals surface area contributed by atoms with E-state index in [-0.39, 0.29) is 28.9 Å². The number of rotatable bonds is 10. The number of hydrogen-bond donors (Lipinski definition) is 1. The number of hydrogen-bond acceptors (Lipinski definition) is 5.